The van der Waals surface area contributed by atoms with Crippen LogP contribution < -0.4 is 10.1 Å². The molecule has 5 nitrogen and oxygen atoms in total. The molecule has 2 rings (SSSR count). The molecule has 184 valence electrons. The van der Waals surface area contributed by atoms with Crippen molar-refractivity contribution in [3.8, 4) is 5.75 Å². The van der Waals surface area contributed by atoms with Gasteiger partial charge in [-0.1, -0.05) is 83.1 Å². The Labute approximate surface area is 193 Å². The summed E-state index contributed by atoms with van der Waals surface area (Å²) in [5, 5.41) is 20.7. The van der Waals surface area contributed by atoms with Gasteiger partial charge in [-0.05, 0) is 16.5 Å². The van der Waals surface area contributed by atoms with Gasteiger partial charge in [0.15, 0.2) is 0 Å². The minimum Gasteiger partial charge on any atom is -0.496 e. The molecule has 0 bridgehead atoms. The molecule has 0 heterocycles. The number of hydrogen-bond acceptors (Lipinski definition) is 4. The number of methoxy groups -OCH3 is 1. The van der Waals surface area contributed by atoms with Crippen molar-refractivity contribution in [3.05, 3.63) is 65.2 Å². The fourth-order valence-electron chi connectivity index (χ4n) is 3.35. The third-order valence-electron chi connectivity index (χ3n) is 5.17. The van der Waals surface area contributed by atoms with Crippen LogP contribution in [0, 0.1) is 5.41 Å². The molecule has 3 N–H and O–H groups in total. The summed E-state index contributed by atoms with van der Waals surface area (Å²) in [5.74, 6) is -1.81. The fraction of sp³-hybridized carbons (Fsp3) is 0.480. The van der Waals surface area contributed by atoms with E-state index in [0.717, 1.165) is 11.3 Å². The predicted molar refractivity (Wildman–Crippen MR) is 122 cm³/mol. The molecular weight excluding hydrogens is 435 g/mol. The van der Waals surface area contributed by atoms with Crippen LogP contribution >= 0.6 is 0 Å². The van der Waals surface area contributed by atoms with Crippen molar-refractivity contribution in [2.45, 2.75) is 58.8 Å². The van der Waals surface area contributed by atoms with Crippen LogP contribution in [0.15, 0.2) is 48.5 Å². The van der Waals surface area contributed by atoms with Gasteiger partial charge < -0.3 is 20.3 Å². The average Bonchev–Trinajstić information content (AvgIpc) is 2.73. The number of carbonyl (C=O) groups is 1. The maximum absolute atomic E-state index is 10.6. The van der Waals surface area contributed by atoms with Gasteiger partial charge in [-0.15, -0.1) is 0 Å². The van der Waals surface area contributed by atoms with E-state index in [4.69, 9.17) is 14.6 Å². The van der Waals surface area contributed by atoms with Crippen LogP contribution in [0.25, 0.3) is 0 Å². The highest BCUT2D eigenvalue weighted by Gasteiger charge is 2.38. The number of aliphatic hydroxyl groups is 1. The first kappa shape index (κ1) is 28.5. The highest BCUT2D eigenvalue weighted by atomic mass is 19.4. The van der Waals surface area contributed by atoms with Gasteiger partial charge in [0.2, 0.25) is 0 Å². The number of aliphatic carboxylic acids is 1. The molecule has 0 spiro atoms. The predicted octanol–water partition coefficient (Wildman–Crippen LogP) is 5.48. The van der Waals surface area contributed by atoms with Crippen molar-refractivity contribution in [2.24, 2.45) is 5.41 Å². The van der Waals surface area contributed by atoms with Crippen LogP contribution in [0.5, 0.6) is 5.75 Å². The second-order valence-corrected chi connectivity index (χ2v) is 9.42. The van der Waals surface area contributed by atoms with Crippen LogP contribution in [0.1, 0.15) is 57.4 Å². The summed E-state index contributed by atoms with van der Waals surface area (Å²) >= 11 is 0. The molecule has 0 aliphatic carbocycles. The zero-order valence-corrected chi connectivity index (χ0v) is 20.0. The maximum atomic E-state index is 10.6. The normalized spacial score (nSPS) is 13.0. The molecule has 0 aliphatic heterocycles. The number of carboxylic acids is 1. The summed E-state index contributed by atoms with van der Waals surface area (Å²) in [6.45, 7) is 11.5. The van der Waals surface area contributed by atoms with E-state index in [2.05, 4.69) is 70.3 Å². The number of benzene rings is 2. The number of aliphatic hydroxyl groups excluding tert-OH is 1. The molecule has 1 unspecified atom stereocenters. The van der Waals surface area contributed by atoms with Crippen LogP contribution in [-0.4, -0.2) is 36.1 Å². The van der Waals surface area contributed by atoms with Crippen molar-refractivity contribution >= 4 is 5.97 Å². The van der Waals surface area contributed by atoms with Crippen molar-refractivity contribution in [1.82, 2.24) is 5.32 Å². The molecule has 33 heavy (non-hydrogen) atoms. The lowest BCUT2D eigenvalue weighted by atomic mass is 9.81. The number of para-hydroxylation sites is 1. The van der Waals surface area contributed by atoms with Crippen LogP contribution in [-0.2, 0) is 16.8 Å². The van der Waals surface area contributed by atoms with E-state index in [0.29, 0.717) is 6.54 Å². The average molecular weight is 470 g/mol. The standard InChI is InChI=1S/C23H33NO2.C2HF3O2/c1-22(2,3)19-14-10-13-18(20(19)26-6)15-24-21(23(4,5)16-25)17-11-8-7-9-12-17;3-2(4,5)1(6)7/h7-14,21,24-25H,15-16H2,1-6H3;(H,6,7). The number of nitrogens with one attached hydrogen (secondary N) is 1. The fourth-order valence-corrected chi connectivity index (χ4v) is 3.35. The first-order chi connectivity index (χ1) is 15.1. The second-order valence-electron chi connectivity index (χ2n) is 9.42. The molecule has 0 radical (unpaired) electrons. The molecule has 0 aliphatic rings. The lowest BCUT2D eigenvalue weighted by Gasteiger charge is -2.34. The molecule has 8 heteroatoms. The van der Waals surface area contributed by atoms with Gasteiger partial charge in [-0.2, -0.15) is 13.2 Å². The smallest absolute Gasteiger partial charge is 0.490 e. The van der Waals surface area contributed by atoms with E-state index in [1.54, 1.807) is 7.11 Å². The largest absolute Gasteiger partial charge is 0.496 e. The Bertz CT molecular complexity index is 891. The van der Waals surface area contributed by atoms with Crippen LogP contribution in [0.2, 0.25) is 0 Å². The summed E-state index contributed by atoms with van der Waals surface area (Å²) < 4.78 is 37.5. The Kier molecular flexibility index (Phi) is 9.93. The van der Waals surface area contributed by atoms with Gasteiger partial charge in [0.1, 0.15) is 5.75 Å². The van der Waals surface area contributed by atoms with Crippen molar-refractivity contribution in [1.29, 1.82) is 0 Å². The Morgan fingerprint density at radius 3 is 1.97 bits per heavy atom. The van der Waals surface area contributed by atoms with Crippen molar-refractivity contribution in [2.75, 3.05) is 13.7 Å². The monoisotopic (exact) mass is 469 g/mol. The lowest BCUT2D eigenvalue weighted by Crippen LogP contribution is -2.36. The molecular formula is C25H34F3NO4. The summed E-state index contributed by atoms with van der Waals surface area (Å²) in [5.41, 5.74) is 3.25. The molecule has 0 aromatic heterocycles. The van der Waals surface area contributed by atoms with Gasteiger partial charge in [0.25, 0.3) is 0 Å². The second kappa shape index (κ2) is 11.5. The van der Waals surface area contributed by atoms with E-state index in [-0.39, 0.29) is 23.5 Å². The highest BCUT2D eigenvalue weighted by Crippen LogP contribution is 2.36. The van der Waals surface area contributed by atoms with Gasteiger partial charge in [0.05, 0.1) is 7.11 Å². The first-order valence-electron chi connectivity index (χ1n) is 10.5. The highest BCUT2D eigenvalue weighted by molar-refractivity contribution is 5.73. The Morgan fingerprint density at radius 2 is 1.55 bits per heavy atom. The third-order valence-corrected chi connectivity index (χ3v) is 5.17. The number of hydrogen-bond donors (Lipinski definition) is 3. The van der Waals surface area contributed by atoms with Crippen molar-refractivity contribution in [3.63, 3.8) is 0 Å². The number of ether oxygens (including phenoxy) is 1. The van der Waals surface area contributed by atoms with E-state index in [1.807, 2.05) is 18.2 Å². The zero-order chi connectivity index (χ0) is 25.4. The molecule has 0 saturated carbocycles. The van der Waals surface area contributed by atoms with Gasteiger partial charge >= 0.3 is 12.1 Å². The van der Waals surface area contributed by atoms with Gasteiger partial charge in [-0.3, -0.25) is 0 Å². The minimum absolute atomic E-state index is 0.0184. The van der Waals surface area contributed by atoms with E-state index < -0.39 is 12.1 Å². The SMILES string of the molecule is COc1c(CNC(c2ccccc2)C(C)(C)CO)cccc1C(C)(C)C.O=C(O)C(F)(F)F. The summed E-state index contributed by atoms with van der Waals surface area (Å²) in [6, 6.07) is 16.7. The van der Waals surface area contributed by atoms with Crippen LogP contribution in [0.3, 0.4) is 0 Å². The zero-order valence-electron chi connectivity index (χ0n) is 20.0. The Hall–Kier alpha value is -2.58. The van der Waals surface area contributed by atoms with E-state index in [1.165, 1.54) is 11.1 Å². The molecule has 0 saturated heterocycles. The van der Waals surface area contributed by atoms with Gasteiger partial charge in [0, 0.05) is 30.2 Å². The number of alkyl halides is 3. The minimum atomic E-state index is -5.08. The molecule has 0 amide bonds. The molecule has 0 fully saturated rings. The third kappa shape index (κ3) is 8.37. The van der Waals surface area contributed by atoms with E-state index >= 15 is 0 Å². The molecule has 2 aromatic rings. The number of halogens is 3. The van der Waals surface area contributed by atoms with Crippen molar-refractivity contribution < 1.29 is 32.9 Å². The number of carboxylic acid groups (broad SMARTS) is 1. The first-order valence-corrected chi connectivity index (χ1v) is 10.5. The Balaban J connectivity index is 0.000000675. The van der Waals surface area contributed by atoms with Gasteiger partial charge in [-0.25, -0.2) is 4.79 Å². The quantitative estimate of drug-likeness (QED) is 0.501. The topological polar surface area (TPSA) is 78.8 Å². The molecule has 1 atom stereocenters. The van der Waals surface area contributed by atoms with Crippen LogP contribution in [0.4, 0.5) is 13.2 Å². The summed E-state index contributed by atoms with van der Waals surface area (Å²) in [7, 11) is 1.74. The van der Waals surface area contributed by atoms with E-state index in [9.17, 15) is 18.3 Å². The lowest BCUT2D eigenvalue weighted by molar-refractivity contribution is -0.192. The number of rotatable bonds is 7. The summed E-state index contributed by atoms with van der Waals surface area (Å²) in [6.07, 6.45) is -5.08. The maximum Gasteiger partial charge on any atom is 0.490 e. The Morgan fingerprint density at radius 1 is 1.00 bits per heavy atom. The summed E-state index contributed by atoms with van der Waals surface area (Å²) in [4.78, 5) is 8.90. The molecule has 2 aromatic carbocycles.